The van der Waals surface area contributed by atoms with Crippen LogP contribution in [-0.2, 0) is 4.79 Å². The third-order valence-electron chi connectivity index (χ3n) is 3.04. The van der Waals surface area contributed by atoms with Crippen LogP contribution in [0, 0.1) is 0 Å². The molecule has 1 N–H and O–H groups in total. The monoisotopic (exact) mass is 398 g/mol. The fraction of sp³-hybridized carbons (Fsp3) is 0.176. The van der Waals surface area contributed by atoms with Gasteiger partial charge >= 0.3 is 0 Å². The van der Waals surface area contributed by atoms with Crippen LogP contribution in [0.15, 0.2) is 46.4 Å². The molecule has 0 spiro atoms. The second-order valence-electron chi connectivity index (χ2n) is 4.77. The van der Waals surface area contributed by atoms with Crippen molar-refractivity contribution in [2.75, 3.05) is 20.0 Å². The van der Waals surface area contributed by atoms with Gasteiger partial charge in [0.25, 0.3) is 0 Å². The molecule has 2 rings (SSSR count). The van der Waals surface area contributed by atoms with Gasteiger partial charge in [-0.25, -0.2) is 5.43 Å². The average molecular weight is 399 g/mol. The molecule has 0 unspecified atom stereocenters. The molecule has 2 aromatic rings. The first-order chi connectivity index (χ1) is 12.0. The summed E-state index contributed by atoms with van der Waals surface area (Å²) in [6.45, 7) is 0. The first-order valence-electron chi connectivity index (χ1n) is 7.15. The van der Waals surface area contributed by atoms with Crippen molar-refractivity contribution in [3.05, 3.63) is 52.0 Å². The number of halogens is 2. The SMILES string of the molecule is COc1cc(/C=N/NC(=O)CSc2ccc(Cl)cc2)cc(Cl)c1OC. The Morgan fingerprint density at radius 3 is 2.56 bits per heavy atom. The van der Waals surface area contributed by atoms with E-state index >= 15 is 0 Å². The van der Waals surface area contributed by atoms with Gasteiger partial charge in [0, 0.05) is 9.92 Å². The van der Waals surface area contributed by atoms with Gasteiger partial charge in [0.15, 0.2) is 11.5 Å². The molecule has 0 heterocycles. The van der Waals surface area contributed by atoms with Crippen LogP contribution in [0.2, 0.25) is 10.0 Å². The van der Waals surface area contributed by atoms with E-state index in [0.717, 1.165) is 4.90 Å². The van der Waals surface area contributed by atoms with Gasteiger partial charge in [-0.1, -0.05) is 23.2 Å². The molecule has 25 heavy (non-hydrogen) atoms. The number of nitrogens with one attached hydrogen (secondary N) is 1. The maximum Gasteiger partial charge on any atom is 0.250 e. The number of hydrazone groups is 1. The molecule has 0 atom stereocenters. The van der Waals surface area contributed by atoms with E-state index < -0.39 is 0 Å². The van der Waals surface area contributed by atoms with Crippen LogP contribution in [0.3, 0.4) is 0 Å². The van der Waals surface area contributed by atoms with E-state index in [0.29, 0.717) is 27.1 Å². The van der Waals surface area contributed by atoms with Crippen LogP contribution in [0.4, 0.5) is 0 Å². The number of carbonyl (C=O) groups excluding carboxylic acids is 1. The van der Waals surface area contributed by atoms with Crippen LogP contribution < -0.4 is 14.9 Å². The van der Waals surface area contributed by atoms with Crippen LogP contribution >= 0.6 is 35.0 Å². The number of benzene rings is 2. The first-order valence-corrected chi connectivity index (χ1v) is 8.89. The average Bonchev–Trinajstić information content (AvgIpc) is 2.60. The van der Waals surface area contributed by atoms with Crippen molar-refractivity contribution in [2.45, 2.75) is 4.90 Å². The Morgan fingerprint density at radius 2 is 1.92 bits per heavy atom. The Bertz CT molecular complexity index is 767. The van der Waals surface area contributed by atoms with Crippen molar-refractivity contribution >= 4 is 47.1 Å². The molecule has 2 aromatic carbocycles. The molecule has 0 aliphatic carbocycles. The van der Waals surface area contributed by atoms with Crippen molar-refractivity contribution in [1.29, 1.82) is 0 Å². The Labute approximate surface area is 160 Å². The lowest BCUT2D eigenvalue weighted by atomic mass is 10.2. The van der Waals surface area contributed by atoms with E-state index in [-0.39, 0.29) is 11.7 Å². The minimum Gasteiger partial charge on any atom is -0.493 e. The zero-order valence-corrected chi connectivity index (χ0v) is 15.9. The number of hydrogen-bond acceptors (Lipinski definition) is 5. The zero-order valence-electron chi connectivity index (χ0n) is 13.6. The normalized spacial score (nSPS) is 10.7. The molecule has 0 bridgehead atoms. The zero-order chi connectivity index (χ0) is 18.2. The number of hydrogen-bond donors (Lipinski definition) is 1. The van der Waals surface area contributed by atoms with Gasteiger partial charge in [-0.2, -0.15) is 5.10 Å². The summed E-state index contributed by atoms with van der Waals surface area (Å²) in [5.74, 6) is 0.958. The topological polar surface area (TPSA) is 59.9 Å². The van der Waals surface area contributed by atoms with Crippen LogP contribution in [0.1, 0.15) is 5.56 Å². The smallest absolute Gasteiger partial charge is 0.250 e. The number of ether oxygens (including phenoxy) is 2. The number of carbonyl (C=O) groups is 1. The summed E-state index contributed by atoms with van der Waals surface area (Å²) in [5.41, 5.74) is 3.14. The van der Waals surface area contributed by atoms with Gasteiger partial charge in [-0.15, -0.1) is 11.8 Å². The fourth-order valence-corrected chi connectivity index (χ4v) is 3.02. The minimum absolute atomic E-state index is 0.220. The lowest BCUT2D eigenvalue weighted by Crippen LogP contribution is -2.19. The Kier molecular flexibility index (Phi) is 7.43. The lowest BCUT2D eigenvalue weighted by molar-refractivity contribution is -0.118. The van der Waals surface area contributed by atoms with Gasteiger partial charge in [0.2, 0.25) is 5.91 Å². The lowest BCUT2D eigenvalue weighted by Gasteiger charge is -2.09. The van der Waals surface area contributed by atoms with E-state index in [1.807, 2.05) is 12.1 Å². The fourth-order valence-electron chi connectivity index (χ4n) is 1.90. The highest BCUT2D eigenvalue weighted by Gasteiger charge is 2.10. The van der Waals surface area contributed by atoms with E-state index in [1.54, 1.807) is 24.3 Å². The highest BCUT2D eigenvalue weighted by atomic mass is 35.5. The van der Waals surface area contributed by atoms with E-state index in [4.69, 9.17) is 32.7 Å². The second-order valence-corrected chi connectivity index (χ2v) is 6.67. The number of thioether (sulfide) groups is 1. The molecule has 5 nitrogen and oxygen atoms in total. The summed E-state index contributed by atoms with van der Waals surface area (Å²) >= 11 is 13.3. The Morgan fingerprint density at radius 1 is 1.20 bits per heavy atom. The quantitative estimate of drug-likeness (QED) is 0.430. The number of rotatable bonds is 7. The second kappa shape index (κ2) is 9.56. The molecule has 0 radical (unpaired) electrons. The van der Waals surface area contributed by atoms with Gasteiger partial charge in [-0.05, 0) is 42.0 Å². The number of amides is 1. The predicted molar refractivity (Wildman–Crippen MR) is 102 cm³/mol. The van der Waals surface area contributed by atoms with E-state index in [2.05, 4.69) is 10.5 Å². The summed E-state index contributed by atoms with van der Waals surface area (Å²) in [5, 5.41) is 4.98. The summed E-state index contributed by atoms with van der Waals surface area (Å²) in [7, 11) is 3.03. The summed E-state index contributed by atoms with van der Waals surface area (Å²) in [4.78, 5) is 12.8. The van der Waals surface area contributed by atoms with Crippen molar-refractivity contribution in [3.8, 4) is 11.5 Å². The van der Waals surface area contributed by atoms with Gasteiger partial charge < -0.3 is 9.47 Å². The van der Waals surface area contributed by atoms with Crippen molar-refractivity contribution < 1.29 is 14.3 Å². The molecule has 8 heteroatoms. The third-order valence-corrected chi connectivity index (χ3v) is 4.59. The Balaban J connectivity index is 1.90. The molecule has 0 saturated heterocycles. The number of nitrogens with zero attached hydrogens (tertiary/aromatic N) is 1. The molecular formula is C17H16Cl2N2O3S. The van der Waals surface area contributed by atoms with Gasteiger partial charge in [0.1, 0.15) is 0 Å². The van der Waals surface area contributed by atoms with Crippen LogP contribution in [0.5, 0.6) is 11.5 Å². The maximum absolute atomic E-state index is 11.8. The van der Waals surface area contributed by atoms with Gasteiger partial charge in [0.05, 0.1) is 31.2 Å². The van der Waals surface area contributed by atoms with E-state index in [9.17, 15) is 4.79 Å². The van der Waals surface area contributed by atoms with Crippen LogP contribution in [-0.4, -0.2) is 32.1 Å². The third kappa shape index (κ3) is 5.85. The highest BCUT2D eigenvalue weighted by Crippen LogP contribution is 2.35. The standard InChI is InChI=1S/C17H16Cl2N2O3S/c1-23-15-8-11(7-14(19)17(15)24-2)9-20-21-16(22)10-25-13-5-3-12(18)4-6-13/h3-9H,10H2,1-2H3,(H,21,22)/b20-9+. The Hall–Kier alpha value is -1.89. The van der Waals surface area contributed by atoms with Gasteiger partial charge in [-0.3, -0.25) is 4.79 Å². The summed E-state index contributed by atoms with van der Waals surface area (Å²) < 4.78 is 10.4. The van der Waals surface area contributed by atoms with Crippen molar-refractivity contribution in [3.63, 3.8) is 0 Å². The predicted octanol–water partition coefficient (Wildman–Crippen LogP) is 4.25. The molecule has 132 valence electrons. The number of methoxy groups -OCH3 is 2. The maximum atomic E-state index is 11.8. The highest BCUT2D eigenvalue weighted by molar-refractivity contribution is 8.00. The summed E-state index contributed by atoms with van der Waals surface area (Å²) in [6, 6.07) is 10.6. The largest absolute Gasteiger partial charge is 0.493 e. The van der Waals surface area contributed by atoms with Crippen molar-refractivity contribution in [1.82, 2.24) is 5.43 Å². The molecule has 0 fully saturated rings. The molecule has 1 amide bonds. The first kappa shape index (κ1) is 19.4. The minimum atomic E-state index is -0.220. The van der Waals surface area contributed by atoms with Crippen molar-refractivity contribution in [2.24, 2.45) is 5.10 Å². The molecular weight excluding hydrogens is 383 g/mol. The summed E-state index contributed by atoms with van der Waals surface area (Å²) in [6.07, 6.45) is 1.48. The van der Waals surface area contributed by atoms with Crippen LogP contribution in [0.25, 0.3) is 0 Å². The molecule has 0 aliphatic rings. The van der Waals surface area contributed by atoms with E-state index in [1.165, 1.54) is 32.2 Å². The molecule has 0 saturated carbocycles. The molecule has 0 aromatic heterocycles. The molecule has 0 aliphatic heterocycles.